The number of hydrogen-bond donors (Lipinski definition) is 1. The maximum absolute atomic E-state index is 5.00. The molecule has 2 fully saturated rings. The molecule has 140 valence electrons. The van der Waals surface area contributed by atoms with Gasteiger partial charge in [0.2, 0.25) is 0 Å². The van der Waals surface area contributed by atoms with Crippen molar-refractivity contribution in [3.05, 3.63) is 59.9 Å². The van der Waals surface area contributed by atoms with Crippen molar-refractivity contribution in [2.24, 2.45) is 11.8 Å². The van der Waals surface area contributed by atoms with E-state index in [0.29, 0.717) is 5.92 Å². The molecule has 0 spiro atoms. The molecule has 4 heterocycles. The SMILES string of the molecule is CC(C)c1ccc(-c2nc3ccccn3c2CN2CC3CNCC3C2)cc1. The quantitative estimate of drug-likeness (QED) is 0.769. The Morgan fingerprint density at radius 1 is 1.04 bits per heavy atom. The first-order valence-corrected chi connectivity index (χ1v) is 10.2. The Kier molecular flexibility index (Phi) is 4.25. The lowest BCUT2D eigenvalue weighted by atomic mass is 10.0. The molecule has 0 aliphatic carbocycles. The predicted molar refractivity (Wildman–Crippen MR) is 110 cm³/mol. The fourth-order valence-corrected chi connectivity index (χ4v) is 4.75. The van der Waals surface area contributed by atoms with E-state index >= 15 is 0 Å². The molecule has 4 heteroatoms. The molecule has 2 unspecified atom stereocenters. The maximum Gasteiger partial charge on any atom is 0.137 e. The third-order valence-electron chi connectivity index (χ3n) is 6.32. The Labute approximate surface area is 161 Å². The monoisotopic (exact) mass is 360 g/mol. The number of nitrogens with one attached hydrogen (secondary N) is 1. The third kappa shape index (κ3) is 3.07. The fraction of sp³-hybridized carbons (Fsp3) is 0.435. The topological polar surface area (TPSA) is 32.6 Å². The van der Waals surface area contributed by atoms with Crippen molar-refractivity contribution in [2.45, 2.75) is 26.3 Å². The summed E-state index contributed by atoms with van der Waals surface area (Å²) in [5, 5.41) is 3.54. The van der Waals surface area contributed by atoms with E-state index < -0.39 is 0 Å². The lowest BCUT2D eigenvalue weighted by Crippen LogP contribution is -2.26. The van der Waals surface area contributed by atoms with E-state index in [1.807, 2.05) is 0 Å². The molecule has 2 aromatic heterocycles. The summed E-state index contributed by atoms with van der Waals surface area (Å²) in [6.45, 7) is 10.2. The highest BCUT2D eigenvalue weighted by Gasteiger charge is 2.36. The van der Waals surface area contributed by atoms with Crippen LogP contribution in [0.5, 0.6) is 0 Å². The van der Waals surface area contributed by atoms with E-state index in [1.165, 1.54) is 43.0 Å². The molecular weight excluding hydrogens is 332 g/mol. The first-order chi connectivity index (χ1) is 13.2. The summed E-state index contributed by atoms with van der Waals surface area (Å²) < 4.78 is 2.28. The van der Waals surface area contributed by atoms with Gasteiger partial charge in [0.1, 0.15) is 5.65 Å². The summed E-state index contributed by atoms with van der Waals surface area (Å²) in [7, 11) is 0. The van der Waals surface area contributed by atoms with E-state index in [1.54, 1.807) is 0 Å². The molecule has 0 radical (unpaired) electrons. The van der Waals surface area contributed by atoms with Crippen LogP contribution in [0.4, 0.5) is 0 Å². The molecule has 0 bridgehead atoms. The molecular formula is C23H28N4. The van der Waals surface area contributed by atoms with Crippen molar-refractivity contribution in [1.29, 1.82) is 0 Å². The van der Waals surface area contributed by atoms with Crippen molar-refractivity contribution in [2.75, 3.05) is 26.2 Å². The van der Waals surface area contributed by atoms with Gasteiger partial charge < -0.3 is 9.72 Å². The Morgan fingerprint density at radius 2 is 1.78 bits per heavy atom. The lowest BCUT2D eigenvalue weighted by Gasteiger charge is -2.18. The van der Waals surface area contributed by atoms with Gasteiger partial charge in [-0.05, 0) is 48.5 Å². The number of aromatic nitrogens is 2. The lowest BCUT2D eigenvalue weighted by molar-refractivity contribution is 0.301. The Hall–Kier alpha value is -2.17. The first-order valence-electron chi connectivity index (χ1n) is 10.2. The summed E-state index contributed by atoms with van der Waals surface area (Å²) in [4.78, 5) is 7.62. The van der Waals surface area contributed by atoms with Crippen molar-refractivity contribution < 1.29 is 0 Å². The van der Waals surface area contributed by atoms with Crippen LogP contribution < -0.4 is 5.32 Å². The van der Waals surface area contributed by atoms with Gasteiger partial charge in [-0.1, -0.05) is 44.2 Å². The zero-order valence-corrected chi connectivity index (χ0v) is 16.2. The number of imidazole rings is 1. The van der Waals surface area contributed by atoms with E-state index in [-0.39, 0.29) is 0 Å². The molecule has 2 aliphatic heterocycles. The maximum atomic E-state index is 5.00. The Bertz CT molecular complexity index is 929. The van der Waals surface area contributed by atoms with Crippen LogP contribution in [-0.2, 0) is 6.54 Å². The van der Waals surface area contributed by atoms with Crippen molar-refractivity contribution in [3.8, 4) is 11.3 Å². The minimum atomic E-state index is 0.553. The summed E-state index contributed by atoms with van der Waals surface area (Å²) >= 11 is 0. The van der Waals surface area contributed by atoms with Crippen molar-refractivity contribution in [1.82, 2.24) is 19.6 Å². The van der Waals surface area contributed by atoms with Gasteiger partial charge in [-0.15, -0.1) is 0 Å². The third-order valence-corrected chi connectivity index (χ3v) is 6.32. The highest BCUT2D eigenvalue weighted by Crippen LogP contribution is 2.31. The molecule has 27 heavy (non-hydrogen) atoms. The molecule has 4 nitrogen and oxygen atoms in total. The number of hydrogen-bond acceptors (Lipinski definition) is 3. The van der Waals surface area contributed by atoms with Crippen LogP contribution in [0.1, 0.15) is 31.0 Å². The van der Waals surface area contributed by atoms with Gasteiger partial charge >= 0.3 is 0 Å². The van der Waals surface area contributed by atoms with Crippen molar-refractivity contribution >= 4 is 5.65 Å². The van der Waals surface area contributed by atoms with Crippen LogP contribution in [0.15, 0.2) is 48.7 Å². The Morgan fingerprint density at radius 3 is 2.48 bits per heavy atom. The summed E-state index contributed by atoms with van der Waals surface area (Å²) in [5.41, 5.74) is 6.09. The van der Waals surface area contributed by atoms with Gasteiger partial charge in [-0.25, -0.2) is 4.98 Å². The molecule has 0 saturated carbocycles. The number of rotatable bonds is 4. The van der Waals surface area contributed by atoms with E-state index in [9.17, 15) is 0 Å². The van der Waals surface area contributed by atoms with Crippen LogP contribution in [0, 0.1) is 11.8 Å². The van der Waals surface area contributed by atoms with Crippen LogP contribution in [0.25, 0.3) is 16.9 Å². The largest absolute Gasteiger partial charge is 0.316 e. The second-order valence-corrected chi connectivity index (χ2v) is 8.49. The number of benzene rings is 1. The highest BCUT2D eigenvalue weighted by atomic mass is 15.2. The van der Waals surface area contributed by atoms with Crippen LogP contribution in [0.3, 0.4) is 0 Å². The minimum absolute atomic E-state index is 0.553. The molecule has 2 saturated heterocycles. The summed E-state index contributed by atoms with van der Waals surface area (Å²) in [6.07, 6.45) is 2.15. The molecule has 1 aromatic carbocycles. The Balaban J connectivity index is 1.51. The zero-order chi connectivity index (χ0) is 18.4. The molecule has 1 N–H and O–H groups in total. The van der Waals surface area contributed by atoms with Gasteiger partial charge in [0.05, 0.1) is 11.4 Å². The highest BCUT2D eigenvalue weighted by molar-refractivity contribution is 5.67. The van der Waals surface area contributed by atoms with Gasteiger partial charge in [0.25, 0.3) is 0 Å². The molecule has 2 atom stereocenters. The second-order valence-electron chi connectivity index (χ2n) is 8.49. The van der Waals surface area contributed by atoms with Crippen LogP contribution >= 0.6 is 0 Å². The van der Waals surface area contributed by atoms with Crippen molar-refractivity contribution in [3.63, 3.8) is 0 Å². The number of pyridine rings is 1. The molecule has 3 aromatic rings. The first kappa shape index (κ1) is 17.0. The fourth-order valence-electron chi connectivity index (χ4n) is 4.75. The van der Waals surface area contributed by atoms with E-state index in [4.69, 9.17) is 4.98 Å². The van der Waals surface area contributed by atoms with Crippen LogP contribution in [0.2, 0.25) is 0 Å². The van der Waals surface area contributed by atoms with E-state index in [2.05, 4.69) is 77.1 Å². The zero-order valence-electron chi connectivity index (χ0n) is 16.2. The number of fused-ring (bicyclic) bond motifs is 2. The smallest absolute Gasteiger partial charge is 0.137 e. The van der Waals surface area contributed by atoms with Gasteiger partial charge in [-0.3, -0.25) is 4.90 Å². The standard InChI is InChI=1S/C23H28N4/c1-16(2)17-6-8-18(9-7-17)23-21(27-10-4-3-5-22(27)25-23)15-26-13-19-11-24-12-20(19)14-26/h3-10,16,19-20,24H,11-15H2,1-2H3. The molecule has 0 amide bonds. The van der Waals surface area contributed by atoms with Gasteiger partial charge in [0.15, 0.2) is 0 Å². The average molecular weight is 361 g/mol. The van der Waals surface area contributed by atoms with Gasteiger partial charge in [0, 0.05) is 31.4 Å². The summed E-state index contributed by atoms with van der Waals surface area (Å²) in [6, 6.07) is 15.3. The number of likely N-dealkylation sites (tertiary alicyclic amines) is 1. The van der Waals surface area contributed by atoms with Gasteiger partial charge in [-0.2, -0.15) is 0 Å². The average Bonchev–Trinajstić information content (AvgIpc) is 3.36. The van der Waals surface area contributed by atoms with E-state index in [0.717, 1.165) is 29.7 Å². The molecule has 5 rings (SSSR count). The normalized spacial score (nSPS) is 22.8. The number of nitrogens with zero attached hydrogens (tertiary/aromatic N) is 3. The predicted octanol–water partition coefficient (Wildman–Crippen LogP) is 3.78. The second kappa shape index (κ2) is 6.77. The minimum Gasteiger partial charge on any atom is -0.316 e. The molecule has 2 aliphatic rings. The summed E-state index contributed by atoms with van der Waals surface area (Å²) in [5.74, 6) is 2.19. The van der Waals surface area contributed by atoms with Crippen LogP contribution in [-0.4, -0.2) is 40.5 Å².